The van der Waals surface area contributed by atoms with Gasteiger partial charge < -0.3 is 16.1 Å². The summed E-state index contributed by atoms with van der Waals surface area (Å²) >= 11 is 9.44. The van der Waals surface area contributed by atoms with Gasteiger partial charge in [-0.3, -0.25) is 0 Å². The van der Waals surface area contributed by atoms with Crippen molar-refractivity contribution in [3.8, 4) is 5.75 Å². The first-order chi connectivity index (χ1) is 12.3. The van der Waals surface area contributed by atoms with Crippen molar-refractivity contribution in [1.82, 2.24) is 0 Å². The van der Waals surface area contributed by atoms with Crippen LogP contribution in [-0.4, -0.2) is 6.61 Å². The Morgan fingerprint density at radius 1 is 1.19 bits per heavy atom. The topological polar surface area (TPSA) is 9.23 Å². The largest absolute Gasteiger partial charge is 0.493 e. The van der Waals surface area contributed by atoms with Crippen LogP contribution in [0, 0.1) is 11.3 Å². The Bertz CT molecular complexity index is 869. The van der Waals surface area contributed by atoms with Gasteiger partial charge in [-0.2, -0.15) is 6.07 Å². The molecule has 0 fully saturated rings. The van der Waals surface area contributed by atoms with E-state index in [2.05, 4.69) is 35.7 Å². The van der Waals surface area contributed by atoms with Crippen LogP contribution in [0.5, 0.6) is 5.75 Å². The summed E-state index contributed by atoms with van der Waals surface area (Å²) in [5.74, 6) is 1.52. The second-order valence-corrected chi connectivity index (χ2v) is 9.17. The fraction of sp³-hybridized carbons (Fsp3) is 0.333. The molecule has 1 nitrogen and oxygen atoms in total. The molecule has 4 rings (SSSR count). The van der Waals surface area contributed by atoms with Crippen LogP contribution in [0.4, 0.5) is 0 Å². The molecule has 2 heterocycles. The number of rotatable bonds is 7. The van der Waals surface area contributed by atoms with E-state index in [1.165, 1.54) is 40.6 Å². The minimum Gasteiger partial charge on any atom is -0.493 e. The second kappa shape index (κ2) is 9.84. The van der Waals surface area contributed by atoms with E-state index in [0.29, 0.717) is 5.92 Å². The second-order valence-electron chi connectivity index (χ2n) is 6.49. The molecule has 0 unspecified atom stereocenters. The molecule has 0 N–H and O–H groups in total. The predicted molar refractivity (Wildman–Crippen MR) is 109 cm³/mol. The molecule has 0 saturated carbocycles. The first kappa shape index (κ1) is 20.5. The third-order valence-corrected chi connectivity index (χ3v) is 6.86. The van der Waals surface area contributed by atoms with Crippen molar-refractivity contribution in [2.45, 2.75) is 32.1 Å². The van der Waals surface area contributed by atoms with E-state index in [1.54, 1.807) is 28.2 Å². The Labute approximate surface area is 193 Å². The fourth-order valence-electron chi connectivity index (χ4n) is 3.46. The first-order valence-electron chi connectivity index (χ1n) is 8.73. The molecule has 2 aromatic heterocycles. The minimum atomic E-state index is 0. The number of ether oxygens (including phenoxy) is 1. The molecular formula is C21H20ClOS2Y-. The zero-order valence-corrected chi connectivity index (χ0v) is 19.8. The molecule has 3 aromatic rings. The zero-order valence-electron chi connectivity index (χ0n) is 14.5. The van der Waals surface area contributed by atoms with E-state index < -0.39 is 0 Å². The first-order valence-corrected chi connectivity index (χ1v) is 10.7. The van der Waals surface area contributed by atoms with Gasteiger partial charge in [-0.25, -0.2) is 6.07 Å². The van der Waals surface area contributed by atoms with Crippen LogP contribution in [0.15, 0.2) is 48.0 Å². The van der Waals surface area contributed by atoms with E-state index in [4.69, 9.17) is 16.3 Å². The molecule has 1 aromatic carbocycles. The van der Waals surface area contributed by atoms with Gasteiger partial charge in [0.05, 0.1) is 10.9 Å². The molecule has 0 spiro atoms. The summed E-state index contributed by atoms with van der Waals surface area (Å²) in [6.45, 7) is 0.781. The average Bonchev–Trinajstić information content (AvgIpc) is 3.33. The van der Waals surface area contributed by atoms with Crippen LogP contribution in [0.25, 0.3) is 10.1 Å². The molecule has 26 heavy (non-hydrogen) atoms. The van der Waals surface area contributed by atoms with Gasteiger partial charge in [-0.05, 0) is 48.9 Å². The Kier molecular flexibility index (Phi) is 7.78. The number of benzene rings is 1. The maximum Gasteiger partial charge on any atom is 0.120 e. The van der Waals surface area contributed by atoms with Crippen molar-refractivity contribution in [3.63, 3.8) is 0 Å². The normalized spacial score (nSPS) is 16.5. The average molecular weight is 477 g/mol. The third kappa shape index (κ3) is 5.20. The summed E-state index contributed by atoms with van der Waals surface area (Å²) < 4.78 is 8.13. The number of thiophene rings is 2. The van der Waals surface area contributed by atoms with Gasteiger partial charge in [0.1, 0.15) is 5.75 Å². The van der Waals surface area contributed by atoms with Crippen molar-refractivity contribution in [1.29, 1.82) is 0 Å². The predicted octanol–water partition coefficient (Wildman–Crippen LogP) is 7.15. The van der Waals surface area contributed by atoms with Crippen molar-refractivity contribution in [3.05, 3.63) is 62.6 Å². The van der Waals surface area contributed by atoms with Crippen molar-refractivity contribution in [2.24, 2.45) is 5.92 Å². The molecule has 1 aliphatic carbocycles. The van der Waals surface area contributed by atoms with Gasteiger partial charge in [-0.15, -0.1) is 21.6 Å². The van der Waals surface area contributed by atoms with Gasteiger partial charge in [-0.1, -0.05) is 36.1 Å². The monoisotopic (exact) mass is 476 g/mol. The quantitative estimate of drug-likeness (QED) is 0.260. The standard InChI is InChI=1S/C21H20ClOS2.Y/c22-21-12-16-9-10-18(13-20(16)25-21)23-14-17-6-1-4-15(17)5-2-7-19-8-3-11-24-19;/h3-4,8-10,12-13,17H,1-2,5-7,14H2;/q-1;/t17-;/m1./s1. The number of allylic oxidation sites excluding steroid dienone is 1. The van der Waals surface area contributed by atoms with Gasteiger partial charge in [0, 0.05) is 43.3 Å². The van der Waals surface area contributed by atoms with E-state index in [1.807, 2.05) is 12.1 Å². The summed E-state index contributed by atoms with van der Waals surface area (Å²) in [5, 5.41) is 4.36. The number of aryl methyl sites for hydroxylation is 1. The number of hydrogen-bond acceptors (Lipinski definition) is 3. The van der Waals surface area contributed by atoms with Crippen molar-refractivity contribution in [2.75, 3.05) is 6.61 Å². The smallest absolute Gasteiger partial charge is 0.120 e. The van der Waals surface area contributed by atoms with Gasteiger partial charge in [0.25, 0.3) is 0 Å². The van der Waals surface area contributed by atoms with Crippen LogP contribution >= 0.6 is 34.3 Å². The summed E-state index contributed by atoms with van der Waals surface area (Å²) in [6, 6.07) is 12.5. The van der Waals surface area contributed by atoms with Crippen molar-refractivity contribution < 1.29 is 37.4 Å². The Hall–Kier alpha value is -0.186. The van der Waals surface area contributed by atoms with Gasteiger partial charge in [0.2, 0.25) is 0 Å². The van der Waals surface area contributed by atoms with E-state index >= 15 is 0 Å². The zero-order chi connectivity index (χ0) is 17.1. The van der Waals surface area contributed by atoms with Gasteiger partial charge in [0.15, 0.2) is 0 Å². The SMILES string of the molecule is Clc1cc2ccc(OC[C@H]3CCC=C3CCCc3cc[c-]s3)cc2s1.[Y]. The van der Waals surface area contributed by atoms with Crippen LogP contribution in [0.3, 0.4) is 0 Å². The summed E-state index contributed by atoms with van der Waals surface area (Å²) in [5.41, 5.74) is 1.58. The maximum absolute atomic E-state index is 6.11. The number of hydrogen-bond donors (Lipinski definition) is 0. The fourth-order valence-corrected chi connectivity index (χ4v) is 5.31. The van der Waals surface area contributed by atoms with E-state index in [0.717, 1.165) is 23.1 Å². The Morgan fingerprint density at radius 3 is 2.96 bits per heavy atom. The molecule has 0 amide bonds. The van der Waals surface area contributed by atoms with Gasteiger partial charge >= 0.3 is 0 Å². The third-order valence-electron chi connectivity index (χ3n) is 4.77. The molecule has 0 bridgehead atoms. The van der Waals surface area contributed by atoms with E-state index in [9.17, 15) is 0 Å². The summed E-state index contributed by atoms with van der Waals surface area (Å²) in [6.07, 6.45) is 8.40. The summed E-state index contributed by atoms with van der Waals surface area (Å²) in [7, 11) is 0. The molecule has 1 radical (unpaired) electrons. The number of halogens is 1. The van der Waals surface area contributed by atoms with Crippen LogP contribution in [0.2, 0.25) is 4.34 Å². The van der Waals surface area contributed by atoms with Crippen molar-refractivity contribution >= 4 is 44.4 Å². The minimum absolute atomic E-state index is 0. The molecule has 0 aliphatic heterocycles. The summed E-state index contributed by atoms with van der Waals surface area (Å²) in [4.78, 5) is 1.44. The molecule has 5 heteroatoms. The molecule has 133 valence electrons. The Balaban J connectivity index is 0.00000196. The maximum atomic E-state index is 6.11. The van der Waals surface area contributed by atoms with E-state index in [-0.39, 0.29) is 32.7 Å². The molecular weight excluding hydrogens is 457 g/mol. The Morgan fingerprint density at radius 2 is 2.12 bits per heavy atom. The van der Waals surface area contributed by atoms with Crippen LogP contribution < -0.4 is 4.74 Å². The molecule has 0 saturated heterocycles. The number of fused-ring (bicyclic) bond motifs is 1. The van der Waals surface area contributed by atoms with Crippen LogP contribution in [-0.2, 0) is 39.1 Å². The van der Waals surface area contributed by atoms with Crippen LogP contribution in [0.1, 0.15) is 30.6 Å². The molecule has 1 aliphatic rings. The molecule has 1 atom stereocenters.